The van der Waals surface area contributed by atoms with Crippen molar-refractivity contribution in [3.8, 4) is 0 Å². The van der Waals surface area contributed by atoms with E-state index in [1.807, 2.05) is 0 Å². The van der Waals surface area contributed by atoms with Gasteiger partial charge in [-0.2, -0.15) is 5.01 Å². The molecular weight excluding hydrogens is 299 g/mol. The molecule has 100 valence electrons. The molecule has 0 fully saturated rings. The van der Waals surface area contributed by atoms with Crippen LogP contribution in [0, 0.1) is 0 Å². The molecule has 0 radical (unpaired) electrons. The summed E-state index contributed by atoms with van der Waals surface area (Å²) >= 11 is 12.0. The first-order valence-electron chi connectivity index (χ1n) is 5.78. The third-order valence-corrected chi connectivity index (χ3v) is 3.61. The van der Waals surface area contributed by atoms with Gasteiger partial charge >= 0.3 is 0 Å². The predicted molar refractivity (Wildman–Crippen MR) is 77.0 cm³/mol. The molecular formula is C14H8Cl2N2O2. The molecule has 4 nitrogen and oxygen atoms in total. The maximum absolute atomic E-state index is 12.2. The molecule has 0 aliphatic carbocycles. The molecule has 1 aliphatic heterocycles. The van der Waals surface area contributed by atoms with E-state index >= 15 is 0 Å². The molecule has 0 saturated heterocycles. The number of carbonyl (C=O) groups excluding carboxylic acids is 2. The fraction of sp³-hybridized carbons (Fsp3) is 0. The molecule has 0 aromatic heterocycles. The number of imide groups is 1. The number of hydrogen-bond acceptors (Lipinski definition) is 3. The van der Waals surface area contributed by atoms with E-state index in [1.165, 1.54) is 0 Å². The average Bonchev–Trinajstić information content (AvgIpc) is 2.68. The number of amides is 2. The van der Waals surface area contributed by atoms with Crippen LogP contribution in [0.5, 0.6) is 0 Å². The second kappa shape index (κ2) is 4.81. The second-order valence-corrected chi connectivity index (χ2v) is 5.01. The molecule has 1 heterocycles. The fourth-order valence-electron chi connectivity index (χ4n) is 2.01. The number of fused-ring (bicyclic) bond motifs is 1. The first kappa shape index (κ1) is 13.0. The molecule has 20 heavy (non-hydrogen) atoms. The van der Waals surface area contributed by atoms with Gasteiger partial charge in [0.1, 0.15) is 0 Å². The monoisotopic (exact) mass is 306 g/mol. The van der Waals surface area contributed by atoms with Crippen LogP contribution < -0.4 is 5.43 Å². The van der Waals surface area contributed by atoms with Gasteiger partial charge in [-0.15, -0.1) is 0 Å². The van der Waals surface area contributed by atoms with Gasteiger partial charge in [0.05, 0.1) is 26.9 Å². The van der Waals surface area contributed by atoms with Gasteiger partial charge in [0.25, 0.3) is 11.8 Å². The Morgan fingerprint density at radius 3 is 1.80 bits per heavy atom. The standard InChI is InChI=1S/C14H8Cl2N2O2/c15-10-6-3-7-11(16)12(10)17-18-13(19)8-4-1-2-5-9(8)14(18)20/h1-7,17H. The third kappa shape index (κ3) is 1.94. The normalized spacial score (nSPS) is 13.6. The topological polar surface area (TPSA) is 49.4 Å². The number of anilines is 1. The van der Waals surface area contributed by atoms with Crippen molar-refractivity contribution < 1.29 is 9.59 Å². The Bertz CT molecular complexity index is 676. The molecule has 3 rings (SSSR count). The minimum Gasteiger partial charge on any atom is -0.285 e. The highest BCUT2D eigenvalue weighted by atomic mass is 35.5. The molecule has 0 atom stereocenters. The Morgan fingerprint density at radius 2 is 1.30 bits per heavy atom. The van der Waals surface area contributed by atoms with E-state index in [1.54, 1.807) is 42.5 Å². The van der Waals surface area contributed by atoms with Crippen molar-refractivity contribution in [2.24, 2.45) is 0 Å². The fourth-order valence-corrected chi connectivity index (χ4v) is 2.49. The van der Waals surface area contributed by atoms with Gasteiger partial charge < -0.3 is 0 Å². The maximum atomic E-state index is 12.2. The number of para-hydroxylation sites is 1. The van der Waals surface area contributed by atoms with E-state index in [9.17, 15) is 9.59 Å². The predicted octanol–water partition coefficient (Wildman–Crippen LogP) is 3.62. The van der Waals surface area contributed by atoms with Crippen molar-refractivity contribution in [2.45, 2.75) is 0 Å². The summed E-state index contributed by atoms with van der Waals surface area (Å²) in [5, 5.41) is 1.57. The van der Waals surface area contributed by atoms with Gasteiger partial charge in [0.2, 0.25) is 0 Å². The summed E-state index contributed by atoms with van der Waals surface area (Å²) < 4.78 is 0. The van der Waals surface area contributed by atoms with E-state index in [4.69, 9.17) is 23.2 Å². The molecule has 2 amide bonds. The van der Waals surface area contributed by atoms with Gasteiger partial charge in [0.15, 0.2) is 0 Å². The molecule has 2 aromatic carbocycles. The van der Waals surface area contributed by atoms with Crippen molar-refractivity contribution in [2.75, 3.05) is 5.43 Å². The summed E-state index contributed by atoms with van der Waals surface area (Å²) in [4.78, 5) is 24.4. The van der Waals surface area contributed by atoms with Gasteiger partial charge in [-0.05, 0) is 24.3 Å². The molecule has 0 unspecified atom stereocenters. The van der Waals surface area contributed by atoms with Crippen molar-refractivity contribution >= 4 is 40.7 Å². The Kier molecular flexibility index (Phi) is 3.12. The van der Waals surface area contributed by atoms with Gasteiger partial charge in [-0.1, -0.05) is 41.4 Å². The Morgan fingerprint density at radius 1 is 0.800 bits per heavy atom. The van der Waals surface area contributed by atoms with E-state index in [0.717, 1.165) is 5.01 Å². The van der Waals surface area contributed by atoms with Crippen molar-refractivity contribution in [1.29, 1.82) is 0 Å². The van der Waals surface area contributed by atoms with E-state index in [2.05, 4.69) is 5.43 Å². The lowest BCUT2D eigenvalue weighted by atomic mass is 10.1. The molecule has 0 saturated carbocycles. The number of carbonyl (C=O) groups is 2. The average molecular weight is 307 g/mol. The summed E-state index contributed by atoms with van der Waals surface area (Å²) in [6.45, 7) is 0. The Balaban J connectivity index is 1.98. The van der Waals surface area contributed by atoms with E-state index < -0.39 is 11.8 Å². The lowest BCUT2D eigenvalue weighted by molar-refractivity contribution is 0.0691. The van der Waals surface area contributed by atoms with Crippen LogP contribution in [0.4, 0.5) is 5.69 Å². The van der Waals surface area contributed by atoms with Crippen LogP contribution in [0.2, 0.25) is 10.0 Å². The van der Waals surface area contributed by atoms with Crippen LogP contribution in [0.15, 0.2) is 42.5 Å². The Labute approximate surface area is 124 Å². The van der Waals surface area contributed by atoms with Crippen LogP contribution in [0.25, 0.3) is 0 Å². The first-order valence-corrected chi connectivity index (χ1v) is 6.53. The number of benzene rings is 2. The number of halogens is 2. The SMILES string of the molecule is O=C1c2ccccc2C(=O)N1Nc1c(Cl)cccc1Cl. The zero-order valence-electron chi connectivity index (χ0n) is 10.1. The van der Waals surface area contributed by atoms with Crippen molar-refractivity contribution in [3.05, 3.63) is 63.6 Å². The zero-order valence-corrected chi connectivity index (χ0v) is 11.6. The van der Waals surface area contributed by atoms with Crippen LogP contribution >= 0.6 is 23.2 Å². The maximum Gasteiger partial charge on any atom is 0.280 e. The number of nitrogens with zero attached hydrogens (tertiary/aromatic N) is 1. The van der Waals surface area contributed by atoms with E-state index in [0.29, 0.717) is 26.9 Å². The minimum atomic E-state index is -0.429. The highest BCUT2D eigenvalue weighted by Gasteiger charge is 2.36. The van der Waals surface area contributed by atoms with Crippen molar-refractivity contribution in [1.82, 2.24) is 5.01 Å². The van der Waals surface area contributed by atoms with Gasteiger partial charge in [-0.3, -0.25) is 15.0 Å². The second-order valence-electron chi connectivity index (χ2n) is 4.20. The molecule has 1 aliphatic rings. The summed E-state index contributed by atoms with van der Waals surface area (Å²) in [5.74, 6) is -0.858. The number of rotatable bonds is 2. The third-order valence-electron chi connectivity index (χ3n) is 2.98. The zero-order chi connectivity index (χ0) is 14.3. The number of nitrogens with one attached hydrogen (secondary N) is 1. The first-order chi connectivity index (χ1) is 9.59. The molecule has 1 N–H and O–H groups in total. The van der Waals surface area contributed by atoms with Gasteiger partial charge in [-0.25, -0.2) is 0 Å². The molecule has 0 bridgehead atoms. The van der Waals surface area contributed by atoms with Crippen LogP contribution in [-0.2, 0) is 0 Å². The largest absolute Gasteiger partial charge is 0.285 e. The van der Waals surface area contributed by atoms with E-state index in [-0.39, 0.29) is 0 Å². The minimum absolute atomic E-state index is 0.324. The summed E-state index contributed by atoms with van der Waals surface area (Å²) in [7, 11) is 0. The number of hydrogen-bond donors (Lipinski definition) is 1. The van der Waals surface area contributed by atoms with Crippen LogP contribution in [-0.4, -0.2) is 16.8 Å². The summed E-state index contributed by atoms with van der Waals surface area (Å²) in [5.41, 5.74) is 3.73. The highest BCUT2D eigenvalue weighted by molar-refractivity contribution is 6.39. The molecule has 2 aromatic rings. The highest BCUT2D eigenvalue weighted by Crippen LogP contribution is 2.32. The van der Waals surface area contributed by atoms with Crippen LogP contribution in [0.1, 0.15) is 20.7 Å². The summed E-state index contributed by atoms with van der Waals surface area (Å²) in [6.07, 6.45) is 0. The number of hydrazine groups is 1. The molecule has 6 heteroatoms. The lowest BCUT2D eigenvalue weighted by Crippen LogP contribution is -2.35. The van der Waals surface area contributed by atoms with Crippen LogP contribution in [0.3, 0.4) is 0 Å². The molecule has 0 spiro atoms. The van der Waals surface area contributed by atoms with Gasteiger partial charge in [0, 0.05) is 0 Å². The quantitative estimate of drug-likeness (QED) is 0.862. The summed E-state index contributed by atoms with van der Waals surface area (Å²) in [6, 6.07) is 11.5. The lowest BCUT2D eigenvalue weighted by Gasteiger charge is -2.18. The van der Waals surface area contributed by atoms with Crippen molar-refractivity contribution in [3.63, 3.8) is 0 Å². The Hall–Kier alpha value is -2.04. The smallest absolute Gasteiger partial charge is 0.280 e.